The number of alkyl halides is 4. The predicted molar refractivity (Wildman–Crippen MR) is 57.2 cm³/mol. The molecular formula is C9H4Br2F4O. The second-order valence-electron chi connectivity index (χ2n) is 2.84. The van der Waals surface area contributed by atoms with Gasteiger partial charge in [-0.3, -0.25) is 4.79 Å². The van der Waals surface area contributed by atoms with Gasteiger partial charge in [-0.25, -0.2) is 4.39 Å². The first kappa shape index (κ1) is 13.6. The highest BCUT2D eigenvalue weighted by atomic mass is 79.9. The molecule has 0 radical (unpaired) electrons. The van der Waals surface area contributed by atoms with Crippen molar-refractivity contribution in [3.63, 3.8) is 0 Å². The molecule has 1 aromatic rings. The Morgan fingerprint density at radius 2 is 1.88 bits per heavy atom. The third-order valence-electron chi connectivity index (χ3n) is 1.80. The van der Waals surface area contributed by atoms with E-state index in [0.29, 0.717) is 6.07 Å². The Bertz CT molecular complexity index is 428. The maximum absolute atomic E-state index is 13.4. The molecule has 0 fully saturated rings. The van der Waals surface area contributed by atoms with Gasteiger partial charge in [0.25, 0.3) is 0 Å². The van der Waals surface area contributed by atoms with E-state index in [0.717, 1.165) is 6.07 Å². The lowest BCUT2D eigenvalue weighted by Gasteiger charge is -2.12. The molecular weight excluding hydrogens is 360 g/mol. The van der Waals surface area contributed by atoms with Gasteiger partial charge in [-0.15, -0.1) is 0 Å². The van der Waals surface area contributed by atoms with Crippen LogP contribution in [0.2, 0.25) is 0 Å². The molecule has 1 rings (SSSR count). The van der Waals surface area contributed by atoms with Crippen molar-refractivity contribution in [2.75, 3.05) is 5.33 Å². The van der Waals surface area contributed by atoms with Crippen LogP contribution in [0.25, 0.3) is 0 Å². The number of rotatable bonds is 2. The van der Waals surface area contributed by atoms with E-state index in [1.807, 2.05) is 0 Å². The third kappa shape index (κ3) is 2.63. The molecule has 1 nitrogen and oxygen atoms in total. The average Bonchev–Trinajstić information content (AvgIpc) is 2.19. The van der Waals surface area contributed by atoms with Gasteiger partial charge < -0.3 is 0 Å². The first-order valence-corrected chi connectivity index (χ1v) is 5.85. The molecule has 88 valence electrons. The Morgan fingerprint density at radius 3 is 2.31 bits per heavy atom. The lowest BCUT2D eigenvalue weighted by molar-refractivity contribution is -0.138. The topological polar surface area (TPSA) is 17.1 Å². The summed E-state index contributed by atoms with van der Waals surface area (Å²) in [6.45, 7) is 0. The number of carbonyl (C=O) groups is 1. The Morgan fingerprint density at radius 1 is 1.31 bits per heavy atom. The Hall–Kier alpha value is -0.430. The minimum atomic E-state index is -4.76. The van der Waals surface area contributed by atoms with Crippen LogP contribution in [-0.4, -0.2) is 11.1 Å². The second-order valence-corrected chi connectivity index (χ2v) is 4.25. The standard InChI is InChI=1S/C9H4Br2F4O/c10-3-6(16)7-4(9(13,14)15)1-2-5(11)8(7)12/h1-2H,3H2. The second kappa shape index (κ2) is 4.83. The highest BCUT2D eigenvalue weighted by molar-refractivity contribution is 9.10. The largest absolute Gasteiger partial charge is 0.417 e. The van der Waals surface area contributed by atoms with Crippen LogP contribution in [0.5, 0.6) is 0 Å². The molecule has 16 heavy (non-hydrogen) atoms. The van der Waals surface area contributed by atoms with E-state index in [1.165, 1.54) is 0 Å². The van der Waals surface area contributed by atoms with E-state index in [4.69, 9.17) is 0 Å². The van der Waals surface area contributed by atoms with Gasteiger partial charge in [-0.2, -0.15) is 13.2 Å². The zero-order chi connectivity index (χ0) is 12.5. The van der Waals surface area contributed by atoms with E-state index in [-0.39, 0.29) is 9.80 Å². The summed E-state index contributed by atoms with van der Waals surface area (Å²) in [5.41, 5.74) is -2.21. The quantitative estimate of drug-likeness (QED) is 0.437. The number of hydrogen-bond acceptors (Lipinski definition) is 1. The zero-order valence-corrected chi connectivity index (χ0v) is 10.7. The van der Waals surface area contributed by atoms with E-state index >= 15 is 0 Å². The maximum Gasteiger partial charge on any atom is 0.417 e. The lowest BCUT2D eigenvalue weighted by atomic mass is 10.0. The van der Waals surface area contributed by atoms with Gasteiger partial charge in [0.05, 0.1) is 20.9 Å². The van der Waals surface area contributed by atoms with Gasteiger partial charge in [0.1, 0.15) is 5.82 Å². The predicted octanol–water partition coefficient (Wildman–Crippen LogP) is 4.18. The normalized spacial score (nSPS) is 11.6. The molecule has 1 aromatic carbocycles. The molecule has 0 aliphatic rings. The van der Waals surface area contributed by atoms with Crippen LogP contribution in [-0.2, 0) is 6.18 Å². The first-order valence-electron chi connectivity index (χ1n) is 3.93. The van der Waals surface area contributed by atoms with E-state index in [2.05, 4.69) is 31.9 Å². The van der Waals surface area contributed by atoms with Crippen molar-refractivity contribution in [1.29, 1.82) is 0 Å². The summed E-state index contributed by atoms with van der Waals surface area (Å²) in [5, 5.41) is -0.372. The molecule has 0 spiro atoms. The van der Waals surface area contributed by atoms with Gasteiger partial charge in [0.15, 0.2) is 5.78 Å². The summed E-state index contributed by atoms with van der Waals surface area (Å²) in [6.07, 6.45) is -4.76. The van der Waals surface area contributed by atoms with Gasteiger partial charge in [0, 0.05) is 0 Å². The van der Waals surface area contributed by atoms with E-state index in [1.54, 1.807) is 0 Å². The molecule has 0 aromatic heterocycles. The van der Waals surface area contributed by atoms with Crippen LogP contribution >= 0.6 is 31.9 Å². The number of carbonyl (C=O) groups excluding carboxylic acids is 1. The Labute approximate surface area is 105 Å². The van der Waals surface area contributed by atoms with Gasteiger partial charge in [-0.1, -0.05) is 15.9 Å². The minimum Gasteiger partial charge on any atom is -0.293 e. The van der Waals surface area contributed by atoms with Crippen molar-refractivity contribution >= 4 is 37.6 Å². The van der Waals surface area contributed by atoms with Crippen molar-refractivity contribution in [3.05, 3.63) is 33.5 Å². The molecule has 0 atom stereocenters. The Balaban J connectivity index is 3.51. The number of benzene rings is 1. The average molecular weight is 364 g/mol. The number of Topliss-reactive ketones (excluding diaryl/α,β-unsaturated/α-hetero) is 1. The van der Waals surface area contributed by atoms with Crippen LogP contribution in [0.1, 0.15) is 15.9 Å². The molecule has 0 aliphatic carbocycles. The lowest BCUT2D eigenvalue weighted by Crippen LogP contribution is -2.16. The van der Waals surface area contributed by atoms with Crippen molar-refractivity contribution < 1.29 is 22.4 Å². The molecule has 7 heteroatoms. The summed E-state index contributed by atoms with van der Waals surface area (Å²) >= 11 is 5.45. The fraction of sp³-hybridized carbons (Fsp3) is 0.222. The molecule has 0 saturated heterocycles. The van der Waals surface area contributed by atoms with Crippen LogP contribution < -0.4 is 0 Å². The molecule has 0 N–H and O–H groups in total. The summed E-state index contributed by atoms with van der Waals surface area (Å²) in [7, 11) is 0. The molecule has 0 heterocycles. The van der Waals surface area contributed by atoms with Crippen molar-refractivity contribution in [2.24, 2.45) is 0 Å². The van der Waals surface area contributed by atoms with Crippen molar-refractivity contribution in [3.8, 4) is 0 Å². The van der Waals surface area contributed by atoms with E-state index in [9.17, 15) is 22.4 Å². The van der Waals surface area contributed by atoms with Crippen LogP contribution in [0, 0.1) is 5.82 Å². The maximum atomic E-state index is 13.4. The summed E-state index contributed by atoms with van der Waals surface area (Å²) in [6, 6.07) is 1.59. The van der Waals surface area contributed by atoms with Crippen molar-refractivity contribution in [1.82, 2.24) is 0 Å². The molecule has 0 amide bonds. The minimum absolute atomic E-state index is 0.176. The molecule has 0 unspecified atom stereocenters. The number of hydrogen-bond donors (Lipinski definition) is 0. The van der Waals surface area contributed by atoms with Crippen LogP contribution in [0.4, 0.5) is 17.6 Å². The van der Waals surface area contributed by atoms with Crippen LogP contribution in [0.15, 0.2) is 16.6 Å². The van der Waals surface area contributed by atoms with Crippen LogP contribution in [0.3, 0.4) is 0 Å². The van der Waals surface area contributed by atoms with Gasteiger partial charge >= 0.3 is 6.18 Å². The highest BCUT2D eigenvalue weighted by Crippen LogP contribution is 2.35. The fourth-order valence-electron chi connectivity index (χ4n) is 1.13. The first-order chi connectivity index (χ1) is 7.29. The Kier molecular flexibility index (Phi) is 4.12. The molecule has 0 saturated carbocycles. The number of halogens is 6. The van der Waals surface area contributed by atoms with Gasteiger partial charge in [-0.05, 0) is 28.1 Å². The van der Waals surface area contributed by atoms with E-state index < -0.39 is 28.9 Å². The molecule has 0 bridgehead atoms. The summed E-state index contributed by atoms with van der Waals surface area (Å²) < 4.78 is 50.8. The fourth-order valence-corrected chi connectivity index (χ4v) is 1.74. The number of ketones is 1. The summed E-state index contributed by atoms with van der Waals surface area (Å²) in [5.74, 6) is -2.15. The van der Waals surface area contributed by atoms with Crippen molar-refractivity contribution in [2.45, 2.75) is 6.18 Å². The van der Waals surface area contributed by atoms with Gasteiger partial charge in [0.2, 0.25) is 0 Å². The summed E-state index contributed by atoms with van der Waals surface area (Å²) in [4.78, 5) is 11.2. The third-order valence-corrected chi connectivity index (χ3v) is 2.92. The molecule has 0 aliphatic heterocycles. The smallest absolute Gasteiger partial charge is 0.293 e. The highest BCUT2D eigenvalue weighted by Gasteiger charge is 2.37. The monoisotopic (exact) mass is 362 g/mol. The SMILES string of the molecule is O=C(CBr)c1c(C(F)(F)F)ccc(Br)c1F. The zero-order valence-electron chi connectivity index (χ0n) is 7.54.